The van der Waals surface area contributed by atoms with Crippen molar-refractivity contribution in [3.63, 3.8) is 0 Å². The molecule has 1 aliphatic heterocycles. The number of nitrogens with zero attached hydrogens (tertiary/aromatic N) is 3. The van der Waals surface area contributed by atoms with Crippen molar-refractivity contribution in [1.29, 1.82) is 0 Å². The molecule has 0 spiro atoms. The van der Waals surface area contributed by atoms with Crippen molar-refractivity contribution in [2.75, 3.05) is 31.6 Å². The van der Waals surface area contributed by atoms with Crippen molar-refractivity contribution in [3.05, 3.63) is 24.0 Å². The largest absolute Gasteiger partial charge is 0.389 e. The second-order valence-corrected chi connectivity index (χ2v) is 6.99. The highest BCUT2D eigenvalue weighted by atomic mass is 32.1. The highest BCUT2D eigenvalue weighted by molar-refractivity contribution is 7.80. The molecular formula is C15H25N3OS. The van der Waals surface area contributed by atoms with E-state index in [1.54, 1.807) is 0 Å². The Morgan fingerprint density at radius 1 is 1.40 bits per heavy atom. The maximum absolute atomic E-state index is 10.3. The van der Waals surface area contributed by atoms with Gasteiger partial charge in [0, 0.05) is 24.9 Å². The Balaban J connectivity index is 2.13. The second-order valence-electron chi connectivity index (χ2n) is 6.21. The van der Waals surface area contributed by atoms with Crippen molar-refractivity contribution in [2.45, 2.75) is 37.7 Å². The van der Waals surface area contributed by atoms with Crippen LogP contribution in [0.4, 0.5) is 5.69 Å². The van der Waals surface area contributed by atoms with Crippen LogP contribution >= 0.6 is 12.6 Å². The minimum atomic E-state index is -0.708. The van der Waals surface area contributed by atoms with Gasteiger partial charge in [0.15, 0.2) is 0 Å². The minimum absolute atomic E-state index is 0.125. The first-order valence-electron chi connectivity index (χ1n) is 7.10. The number of aliphatic hydroxyl groups is 1. The molecule has 1 saturated heterocycles. The van der Waals surface area contributed by atoms with E-state index in [2.05, 4.69) is 40.5 Å². The number of pyridine rings is 1. The normalized spacial score (nSPS) is 22.9. The van der Waals surface area contributed by atoms with E-state index in [0.717, 1.165) is 31.0 Å². The lowest BCUT2D eigenvalue weighted by Gasteiger charge is -2.45. The van der Waals surface area contributed by atoms with Crippen molar-refractivity contribution in [2.24, 2.45) is 0 Å². The van der Waals surface area contributed by atoms with Crippen LogP contribution in [0.15, 0.2) is 18.3 Å². The molecule has 1 aromatic heterocycles. The predicted octanol–water partition coefficient (Wildman–Crippen LogP) is 1.96. The fourth-order valence-electron chi connectivity index (χ4n) is 2.70. The molecule has 0 bridgehead atoms. The van der Waals surface area contributed by atoms with E-state index < -0.39 is 5.60 Å². The lowest BCUT2D eigenvalue weighted by molar-refractivity contribution is -0.0140. The summed E-state index contributed by atoms with van der Waals surface area (Å²) in [4.78, 5) is 8.99. The zero-order chi connectivity index (χ0) is 14.9. The fourth-order valence-corrected chi connectivity index (χ4v) is 2.86. The van der Waals surface area contributed by atoms with Crippen LogP contribution in [-0.2, 0) is 0 Å². The van der Waals surface area contributed by atoms with E-state index in [1.807, 2.05) is 33.0 Å². The molecule has 4 nitrogen and oxygen atoms in total. The van der Waals surface area contributed by atoms with E-state index >= 15 is 0 Å². The topological polar surface area (TPSA) is 39.6 Å². The molecule has 0 amide bonds. The smallest absolute Gasteiger partial charge is 0.0763 e. The molecule has 112 valence electrons. The molecule has 2 unspecified atom stereocenters. The highest BCUT2D eigenvalue weighted by Crippen LogP contribution is 2.25. The van der Waals surface area contributed by atoms with E-state index in [-0.39, 0.29) is 11.3 Å². The lowest BCUT2D eigenvalue weighted by atomic mass is 9.95. The van der Waals surface area contributed by atoms with Gasteiger partial charge in [-0.05, 0) is 40.0 Å². The Labute approximate surface area is 127 Å². The summed E-state index contributed by atoms with van der Waals surface area (Å²) in [6.45, 7) is 8.49. The summed E-state index contributed by atoms with van der Waals surface area (Å²) >= 11 is 4.40. The third-order valence-corrected chi connectivity index (χ3v) is 4.29. The van der Waals surface area contributed by atoms with Gasteiger partial charge in [0.05, 0.1) is 29.2 Å². The van der Waals surface area contributed by atoms with Gasteiger partial charge in [-0.25, -0.2) is 0 Å². The number of rotatable bonds is 3. The van der Waals surface area contributed by atoms with Gasteiger partial charge in [-0.15, -0.1) is 0 Å². The molecule has 2 heterocycles. The number of piperazine rings is 1. The molecule has 1 aliphatic rings. The number of aromatic nitrogens is 1. The summed E-state index contributed by atoms with van der Waals surface area (Å²) in [5, 5.41) is 10.5. The zero-order valence-corrected chi connectivity index (χ0v) is 13.6. The molecule has 0 radical (unpaired) electrons. The lowest BCUT2D eigenvalue weighted by Crippen LogP contribution is -2.59. The first kappa shape index (κ1) is 15.6. The quantitative estimate of drug-likeness (QED) is 0.836. The maximum atomic E-state index is 10.3. The Morgan fingerprint density at radius 2 is 2.10 bits per heavy atom. The SMILES string of the molecule is CC(S)c1ccc(N2CCN(C)C(C(C)(C)O)C2)cn1. The van der Waals surface area contributed by atoms with E-state index in [9.17, 15) is 5.11 Å². The molecule has 2 rings (SSSR count). The zero-order valence-electron chi connectivity index (χ0n) is 12.7. The molecule has 0 aromatic carbocycles. The van der Waals surface area contributed by atoms with Gasteiger partial charge in [0.2, 0.25) is 0 Å². The summed E-state index contributed by atoms with van der Waals surface area (Å²) in [5.74, 6) is 0. The Kier molecular flexibility index (Phi) is 4.62. The summed E-state index contributed by atoms with van der Waals surface area (Å²) in [6, 6.07) is 4.26. The first-order valence-corrected chi connectivity index (χ1v) is 7.62. The Hall–Kier alpha value is -0.780. The van der Waals surface area contributed by atoms with E-state index in [4.69, 9.17) is 0 Å². The predicted molar refractivity (Wildman–Crippen MR) is 86.6 cm³/mol. The van der Waals surface area contributed by atoms with Crippen LogP contribution < -0.4 is 4.90 Å². The van der Waals surface area contributed by atoms with Crippen LogP contribution in [0, 0.1) is 0 Å². The summed E-state index contributed by atoms with van der Waals surface area (Å²) in [6.07, 6.45) is 1.91. The van der Waals surface area contributed by atoms with Crippen molar-refractivity contribution < 1.29 is 5.11 Å². The molecule has 0 aliphatic carbocycles. The molecule has 20 heavy (non-hydrogen) atoms. The van der Waals surface area contributed by atoms with Gasteiger partial charge in [0.25, 0.3) is 0 Å². The average molecular weight is 295 g/mol. The summed E-state index contributed by atoms with van der Waals surface area (Å²) in [7, 11) is 2.07. The van der Waals surface area contributed by atoms with Gasteiger partial charge >= 0.3 is 0 Å². The van der Waals surface area contributed by atoms with Crippen LogP contribution in [0.25, 0.3) is 0 Å². The Bertz CT molecular complexity index is 441. The average Bonchev–Trinajstić information content (AvgIpc) is 2.38. The number of thiol groups is 1. The standard InChI is InChI=1S/C15H25N3OS/c1-11(20)13-6-5-12(9-16-13)18-8-7-17(4)14(10-18)15(2,3)19/h5-6,9,11,14,19-20H,7-8,10H2,1-4H3. The van der Waals surface area contributed by atoms with E-state index in [1.165, 1.54) is 0 Å². The molecule has 0 saturated carbocycles. The molecule has 1 aromatic rings. The highest BCUT2D eigenvalue weighted by Gasteiger charge is 2.35. The van der Waals surface area contributed by atoms with Crippen LogP contribution in [0.2, 0.25) is 0 Å². The van der Waals surface area contributed by atoms with Gasteiger partial charge in [-0.3, -0.25) is 9.88 Å². The molecule has 1 fully saturated rings. The third kappa shape index (κ3) is 3.45. The molecule has 1 N–H and O–H groups in total. The summed E-state index contributed by atoms with van der Waals surface area (Å²) < 4.78 is 0. The van der Waals surface area contributed by atoms with Crippen LogP contribution in [-0.4, -0.2) is 53.3 Å². The molecule has 5 heteroatoms. The molecule has 2 atom stereocenters. The minimum Gasteiger partial charge on any atom is -0.389 e. The number of likely N-dealkylation sites (N-methyl/N-ethyl adjacent to an activating group) is 1. The second kappa shape index (κ2) is 5.92. The van der Waals surface area contributed by atoms with Gasteiger partial charge in [-0.2, -0.15) is 12.6 Å². The van der Waals surface area contributed by atoms with Crippen LogP contribution in [0.1, 0.15) is 31.7 Å². The van der Waals surface area contributed by atoms with Crippen LogP contribution in [0.5, 0.6) is 0 Å². The van der Waals surface area contributed by atoms with Crippen molar-refractivity contribution >= 4 is 18.3 Å². The fraction of sp³-hybridized carbons (Fsp3) is 0.667. The maximum Gasteiger partial charge on any atom is 0.0763 e. The number of hydrogen-bond donors (Lipinski definition) is 2. The van der Waals surface area contributed by atoms with Crippen molar-refractivity contribution in [1.82, 2.24) is 9.88 Å². The first-order chi connectivity index (χ1) is 9.29. The van der Waals surface area contributed by atoms with Gasteiger partial charge in [0.1, 0.15) is 0 Å². The van der Waals surface area contributed by atoms with Crippen LogP contribution in [0.3, 0.4) is 0 Å². The monoisotopic (exact) mass is 295 g/mol. The van der Waals surface area contributed by atoms with Gasteiger partial charge < -0.3 is 10.0 Å². The van der Waals surface area contributed by atoms with E-state index in [0.29, 0.717) is 0 Å². The number of anilines is 1. The van der Waals surface area contributed by atoms with Gasteiger partial charge in [-0.1, -0.05) is 0 Å². The molecular weight excluding hydrogens is 270 g/mol. The Morgan fingerprint density at radius 3 is 2.60 bits per heavy atom. The number of hydrogen-bond acceptors (Lipinski definition) is 5. The van der Waals surface area contributed by atoms with Crippen molar-refractivity contribution in [3.8, 4) is 0 Å². The summed E-state index contributed by atoms with van der Waals surface area (Å²) in [5.41, 5.74) is 1.40. The third-order valence-electron chi connectivity index (χ3n) is 4.03.